The molecule has 0 spiro atoms. The van der Waals surface area contributed by atoms with E-state index in [1.165, 1.54) is 29.2 Å². The summed E-state index contributed by atoms with van der Waals surface area (Å²) in [6.45, 7) is 4.48. The van der Waals surface area contributed by atoms with Crippen LogP contribution in [0.3, 0.4) is 0 Å². The van der Waals surface area contributed by atoms with Crippen LogP contribution in [0.4, 0.5) is 4.39 Å². The van der Waals surface area contributed by atoms with Gasteiger partial charge in [0.05, 0.1) is 11.6 Å². The number of rotatable bonds is 6. The van der Waals surface area contributed by atoms with Crippen molar-refractivity contribution in [3.05, 3.63) is 113 Å². The summed E-state index contributed by atoms with van der Waals surface area (Å²) in [5, 5.41) is 12.2. The number of Topliss-reactive ketones (excluding diaryl/α,β-unsaturated/α-hetero) is 1. The maximum atomic E-state index is 13.5. The number of hydrogen-bond acceptors (Lipinski definition) is 3. The van der Waals surface area contributed by atoms with E-state index >= 15 is 0 Å². The molecule has 1 saturated heterocycles. The van der Waals surface area contributed by atoms with Gasteiger partial charge in [-0.15, -0.1) is 0 Å². The summed E-state index contributed by atoms with van der Waals surface area (Å²) in [5.41, 5.74) is 4.22. The largest absolute Gasteiger partial charge is 0.507 e. The Balaban J connectivity index is 1.56. The fourth-order valence-electron chi connectivity index (χ4n) is 4.86. The predicted octanol–water partition coefficient (Wildman–Crippen LogP) is 6.09. The van der Waals surface area contributed by atoms with Gasteiger partial charge in [0.25, 0.3) is 11.7 Å². The van der Waals surface area contributed by atoms with Crippen LogP contribution in [-0.2, 0) is 16.0 Å². The summed E-state index contributed by atoms with van der Waals surface area (Å²) >= 11 is 0. The highest BCUT2D eigenvalue weighted by Gasteiger charge is 2.45. The van der Waals surface area contributed by atoms with Crippen LogP contribution in [0.1, 0.15) is 48.1 Å². The molecule has 4 aromatic rings. The number of likely N-dealkylation sites (tertiary alicyclic amines) is 1. The van der Waals surface area contributed by atoms with Crippen molar-refractivity contribution in [1.82, 2.24) is 9.88 Å². The molecular weight excluding hydrogens is 455 g/mol. The first kappa shape index (κ1) is 23.5. The van der Waals surface area contributed by atoms with E-state index in [2.05, 4.69) is 18.8 Å². The van der Waals surface area contributed by atoms with Crippen molar-refractivity contribution >= 4 is 28.4 Å². The molecular formula is C30H27FN2O3. The molecule has 1 atom stereocenters. The highest BCUT2D eigenvalue weighted by molar-refractivity contribution is 6.46. The number of H-pyrrole nitrogens is 1. The van der Waals surface area contributed by atoms with E-state index in [-0.39, 0.29) is 16.9 Å². The molecule has 0 saturated carbocycles. The number of fused-ring (bicyclic) bond motifs is 1. The van der Waals surface area contributed by atoms with E-state index < -0.39 is 23.5 Å². The van der Waals surface area contributed by atoms with Gasteiger partial charge >= 0.3 is 0 Å². The molecule has 5 rings (SSSR count). The van der Waals surface area contributed by atoms with Crippen LogP contribution in [0.2, 0.25) is 0 Å². The van der Waals surface area contributed by atoms with E-state index in [0.717, 1.165) is 27.6 Å². The van der Waals surface area contributed by atoms with Gasteiger partial charge in [-0.1, -0.05) is 56.3 Å². The van der Waals surface area contributed by atoms with Crippen LogP contribution in [0.25, 0.3) is 16.7 Å². The van der Waals surface area contributed by atoms with Crippen LogP contribution >= 0.6 is 0 Å². The quantitative estimate of drug-likeness (QED) is 0.198. The van der Waals surface area contributed by atoms with Gasteiger partial charge in [0.1, 0.15) is 11.6 Å². The Labute approximate surface area is 208 Å². The van der Waals surface area contributed by atoms with Gasteiger partial charge in [0.15, 0.2) is 0 Å². The molecule has 1 aliphatic rings. The van der Waals surface area contributed by atoms with E-state index in [0.29, 0.717) is 18.9 Å². The van der Waals surface area contributed by atoms with E-state index in [1.54, 1.807) is 0 Å². The first-order valence-corrected chi connectivity index (χ1v) is 12.0. The minimum atomic E-state index is -0.749. The molecule has 36 heavy (non-hydrogen) atoms. The first-order valence-electron chi connectivity index (χ1n) is 12.0. The van der Waals surface area contributed by atoms with Crippen LogP contribution in [-0.4, -0.2) is 33.2 Å². The van der Waals surface area contributed by atoms with Crippen molar-refractivity contribution in [1.29, 1.82) is 0 Å². The third-order valence-corrected chi connectivity index (χ3v) is 6.87. The summed E-state index contributed by atoms with van der Waals surface area (Å²) in [6, 6.07) is 20.2. The molecule has 182 valence electrons. The lowest BCUT2D eigenvalue weighted by atomic mass is 9.93. The number of benzene rings is 3. The zero-order valence-electron chi connectivity index (χ0n) is 20.2. The van der Waals surface area contributed by atoms with Crippen molar-refractivity contribution < 1.29 is 19.1 Å². The summed E-state index contributed by atoms with van der Waals surface area (Å²) in [4.78, 5) is 31.3. The number of hydrogen-bond donors (Lipinski definition) is 2. The fourth-order valence-corrected chi connectivity index (χ4v) is 4.86. The van der Waals surface area contributed by atoms with Gasteiger partial charge in [0.2, 0.25) is 0 Å². The summed E-state index contributed by atoms with van der Waals surface area (Å²) in [7, 11) is 0. The Morgan fingerprint density at radius 1 is 1.00 bits per heavy atom. The van der Waals surface area contributed by atoms with E-state index in [9.17, 15) is 19.1 Å². The van der Waals surface area contributed by atoms with Crippen LogP contribution in [0.15, 0.2) is 84.6 Å². The number of para-hydroxylation sites is 1. The van der Waals surface area contributed by atoms with Crippen molar-refractivity contribution in [3.63, 3.8) is 0 Å². The second kappa shape index (κ2) is 9.46. The zero-order chi connectivity index (χ0) is 25.4. The van der Waals surface area contributed by atoms with E-state index in [4.69, 9.17) is 0 Å². The van der Waals surface area contributed by atoms with Crippen LogP contribution in [0.5, 0.6) is 0 Å². The maximum Gasteiger partial charge on any atom is 0.295 e. The average molecular weight is 483 g/mol. The molecule has 1 unspecified atom stereocenters. The van der Waals surface area contributed by atoms with Gasteiger partial charge in [0, 0.05) is 29.2 Å². The number of carbonyl (C=O) groups is 2. The Kier molecular flexibility index (Phi) is 6.18. The number of halogens is 1. The Bertz CT molecular complexity index is 1470. The van der Waals surface area contributed by atoms with Crippen LogP contribution < -0.4 is 0 Å². The number of carbonyl (C=O) groups excluding carboxylic acids is 2. The average Bonchev–Trinajstić information content (AvgIpc) is 3.41. The second-order valence-electron chi connectivity index (χ2n) is 9.43. The van der Waals surface area contributed by atoms with Crippen molar-refractivity contribution in [2.75, 3.05) is 6.54 Å². The Morgan fingerprint density at radius 2 is 1.69 bits per heavy atom. The fraction of sp³-hybridized carbons (Fsp3) is 0.200. The van der Waals surface area contributed by atoms with Crippen LogP contribution in [0, 0.1) is 5.82 Å². The highest BCUT2D eigenvalue weighted by atomic mass is 19.1. The minimum Gasteiger partial charge on any atom is -0.507 e. The standard InChI is InChI=1S/C30H27FN2O3/c1-18(2)19-7-9-20(10-8-19)27-26(28(34)21-11-13-23(31)14-12-21)29(35)30(36)33(27)16-15-22-17-32-25-6-4-3-5-24(22)25/h3-14,17-18,27,32,34H,15-16H2,1-2H3/b28-26+. The van der Waals surface area contributed by atoms with Gasteiger partial charge < -0.3 is 15.0 Å². The molecule has 0 aliphatic carbocycles. The lowest BCUT2D eigenvalue weighted by molar-refractivity contribution is -0.139. The molecule has 3 aromatic carbocycles. The lowest BCUT2D eigenvalue weighted by Crippen LogP contribution is -2.31. The second-order valence-corrected chi connectivity index (χ2v) is 9.43. The molecule has 2 N–H and O–H groups in total. The maximum absolute atomic E-state index is 13.5. The molecule has 1 aliphatic heterocycles. The molecule has 1 fully saturated rings. The summed E-state index contributed by atoms with van der Waals surface area (Å²) in [5.74, 6) is -1.83. The third-order valence-electron chi connectivity index (χ3n) is 6.87. The number of aliphatic hydroxyl groups excluding tert-OH is 1. The molecule has 0 bridgehead atoms. The van der Waals surface area contributed by atoms with Gasteiger partial charge in [-0.3, -0.25) is 9.59 Å². The molecule has 1 aromatic heterocycles. The minimum absolute atomic E-state index is 0.0165. The van der Waals surface area contributed by atoms with Crippen molar-refractivity contribution in [2.24, 2.45) is 0 Å². The molecule has 2 heterocycles. The summed E-state index contributed by atoms with van der Waals surface area (Å²) in [6.07, 6.45) is 2.46. The number of nitrogens with one attached hydrogen (secondary N) is 1. The van der Waals surface area contributed by atoms with Gasteiger partial charge in [-0.2, -0.15) is 0 Å². The number of ketones is 1. The predicted molar refractivity (Wildman–Crippen MR) is 138 cm³/mol. The lowest BCUT2D eigenvalue weighted by Gasteiger charge is -2.25. The summed E-state index contributed by atoms with van der Waals surface area (Å²) < 4.78 is 13.5. The number of aliphatic hydroxyl groups is 1. The number of aromatic nitrogens is 1. The number of aromatic amines is 1. The SMILES string of the molecule is CC(C)c1ccc(C2/C(=C(\O)c3ccc(F)cc3)C(=O)C(=O)N2CCc2c[nH]c3ccccc23)cc1. The molecule has 5 nitrogen and oxygen atoms in total. The third kappa shape index (κ3) is 4.19. The smallest absolute Gasteiger partial charge is 0.295 e. The van der Waals surface area contributed by atoms with Gasteiger partial charge in [-0.25, -0.2) is 4.39 Å². The monoisotopic (exact) mass is 482 g/mol. The normalized spacial score (nSPS) is 17.4. The van der Waals surface area contributed by atoms with Gasteiger partial charge in [-0.05, 0) is 59.4 Å². The van der Waals surface area contributed by atoms with E-state index in [1.807, 2.05) is 54.7 Å². The molecule has 6 heteroatoms. The molecule has 1 amide bonds. The highest BCUT2D eigenvalue weighted by Crippen LogP contribution is 2.40. The Hall–Kier alpha value is -4.19. The Morgan fingerprint density at radius 3 is 2.39 bits per heavy atom. The molecule has 0 radical (unpaired) electrons. The zero-order valence-corrected chi connectivity index (χ0v) is 20.2. The number of amides is 1. The van der Waals surface area contributed by atoms with Crippen molar-refractivity contribution in [3.8, 4) is 0 Å². The number of nitrogens with zero attached hydrogens (tertiary/aromatic N) is 1. The first-order chi connectivity index (χ1) is 17.3. The topological polar surface area (TPSA) is 73.4 Å². The van der Waals surface area contributed by atoms with Crippen molar-refractivity contribution in [2.45, 2.75) is 32.2 Å².